The summed E-state index contributed by atoms with van der Waals surface area (Å²) >= 11 is 3.40. The molecule has 0 spiro atoms. The molecule has 0 radical (unpaired) electrons. The first-order chi connectivity index (χ1) is 4.20. The first kappa shape index (κ1) is 7.22. The Morgan fingerprint density at radius 3 is 2.89 bits per heavy atom. The van der Waals surface area contributed by atoms with Gasteiger partial charge in [-0.3, -0.25) is 9.69 Å². The number of nitrogens with zero attached hydrogens (tertiary/aromatic N) is 1. The Hall–Kier alpha value is 0.110. The monoisotopic (exact) mass is 191 g/mol. The number of alkyl halides is 1. The van der Waals surface area contributed by atoms with Crippen molar-refractivity contribution in [3.63, 3.8) is 0 Å². The number of ketones is 1. The van der Waals surface area contributed by atoms with E-state index in [1.54, 1.807) is 0 Å². The van der Waals surface area contributed by atoms with Crippen molar-refractivity contribution in [3.05, 3.63) is 0 Å². The van der Waals surface area contributed by atoms with Crippen molar-refractivity contribution in [2.45, 2.75) is 17.8 Å². The van der Waals surface area contributed by atoms with E-state index in [9.17, 15) is 4.79 Å². The van der Waals surface area contributed by atoms with Gasteiger partial charge in [0.05, 0.1) is 4.95 Å². The molecule has 0 saturated carbocycles. The quantitative estimate of drug-likeness (QED) is 0.421. The van der Waals surface area contributed by atoms with Crippen molar-refractivity contribution in [3.8, 4) is 0 Å². The van der Waals surface area contributed by atoms with Crippen molar-refractivity contribution in [1.29, 1.82) is 0 Å². The van der Waals surface area contributed by atoms with Gasteiger partial charge in [-0.2, -0.15) is 0 Å². The highest BCUT2D eigenvalue weighted by Crippen LogP contribution is 2.16. The highest BCUT2D eigenvalue weighted by Gasteiger charge is 2.20. The van der Waals surface area contributed by atoms with Gasteiger partial charge in [-0.25, -0.2) is 0 Å². The lowest BCUT2D eigenvalue weighted by Crippen LogP contribution is -2.35. The summed E-state index contributed by atoms with van der Waals surface area (Å²) < 4.78 is 0. The Bertz CT molecular complexity index is 126. The number of rotatable bonds is 0. The molecule has 3 heteroatoms. The first-order valence-corrected chi connectivity index (χ1v) is 3.98. The van der Waals surface area contributed by atoms with E-state index in [0.29, 0.717) is 12.2 Å². The average Bonchev–Trinajstić information content (AvgIpc) is 1.80. The van der Waals surface area contributed by atoms with Crippen LogP contribution in [0.4, 0.5) is 0 Å². The Kier molecular flexibility index (Phi) is 2.24. The molecule has 1 atom stereocenters. The summed E-state index contributed by atoms with van der Waals surface area (Å²) in [5.41, 5.74) is 0. The molecule has 0 amide bonds. The van der Waals surface area contributed by atoms with Crippen LogP contribution >= 0.6 is 15.9 Å². The second-order valence-electron chi connectivity index (χ2n) is 2.41. The van der Waals surface area contributed by atoms with Crippen LogP contribution in [0.3, 0.4) is 0 Å². The van der Waals surface area contributed by atoms with E-state index >= 15 is 0 Å². The van der Waals surface area contributed by atoms with Crippen molar-refractivity contribution in [1.82, 2.24) is 4.90 Å². The summed E-state index contributed by atoms with van der Waals surface area (Å²) in [6, 6.07) is 0. The van der Waals surface area contributed by atoms with Gasteiger partial charge >= 0.3 is 0 Å². The normalized spacial score (nSPS) is 30.9. The maximum absolute atomic E-state index is 10.8. The lowest BCUT2D eigenvalue weighted by atomic mass is 10.1. The number of halogens is 1. The van der Waals surface area contributed by atoms with Crippen molar-refractivity contribution in [2.75, 3.05) is 13.6 Å². The minimum Gasteiger partial charge on any atom is -0.300 e. The van der Waals surface area contributed by atoms with E-state index in [4.69, 9.17) is 0 Å². The molecular weight excluding hydrogens is 182 g/mol. The molecule has 1 saturated heterocycles. The number of hydrogen-bond acceptors (Lipinski definition) is 2. The third-order valence-electron chi connectivity index (χ3n) is 1.62. The molecule has 1 aliphatic heterocycles. The topological polar surface area (TPSA) is 20.3 Å². The zero-order valence-corrected chi connectivity index (χ0v) is 7.02. The second-order valence-corrected chi connectivity index (χ2v) is 3.46. The lowest BCUT2D eigenvalue weighted by molar-refractivity contribution is -0.121. The summed E-state index contributed by atoms with van der Waals surface area (Å²) in [5.74, 6) is 0.370. The van der Waals surface area contributed by atoms with Crippen molar-refractivity contribution >= 4 is 21.7 Å². The number of piperidine rings is 1. The molecule has 0 aliphatic carbocycles. The summed E-state index contributed by atoms with van der Waals surface area (Å²) in [4.78, 5) is 13.2. The van der Waals surface area contributed by atoms with Gasteiger partial charge in [-0.05, 0) is 7.05 Å². The van der Waals surface area contributed by atoms with Crippen LogP contribution in [0.2, 0.25) is 0 Å². The molecule has 0 aromatic carbocycles. The summed E-state index contributed by atoms with van der Waals surface area (Å²) in [5, 5.41) is 0. The molecule has 2 nitrogen and oxygen atoms in total. The Morgan fingerprint density at radius 2 is 2.44 bits per heavy atom. The molecule has 1 rings (SSSR count). The van der Waals surface area contributed by atoms with Crippen LogP contribution in [0.15, 0.2) is 0 Å². The van der Waals surface area contributed by atoms with Gasteiger partial charge < -0.3 is 0 Å². The fourth-order valence-corrected chi connectivity index (χ4v) is 1.45. The van der Waals surface area contributed by atoms with Gasteiger partial charge in [-0.1, -0.05) is 15.9 Å². The van der Waals surface area contributed by atoms with Crippen LogP contribution in [0.1, 0.15) is 12.8 Å². The minimum atomic E-state index is 0.277. The molecule has 0 aromatic rings. The molecule has 1 unspecified atom stereocenters. The van der Waals surface area contributed by atoms with Gasteiger partial charge in [0, 0.05) is 19.4 Å². The van der Waals surface area contributed by atoms with Crippen LogP contribution in [0.25, 0.3) is 0 Å². The van der Waals surface area contributed by atoms with Crippen LogP contribution in [0.5, 0.6) is 0 Å². The molecule has 0 aromatic heterocycles. The molecule has 52 valence electrons. The Balaban J connectivity index is 2.44. The molecule has 1 aliphatic rings. The zero-order valence-electron chi connectivity index (χ0n) is 5.43. The lowest BCUT2D eigenvalue weighted by Gasteiger charge is -2.26. The molecular formula is C6H10BrNO. The maximum atomic E-state index is 10.8. The van der Waals surface area contributed by atoms with E-state index < -0.39 is 0 Å². The van der Waals surface area contributed by atoms with Crippen LogP contribution < -0.4 is 0 Å². The van der Waals surface area contributed by atoms with Crippen LogP contribution in [-0.4, -0.2) is 29.2 Å². The number of hydrogen-bond donors (Lipinski definition) is 0. The standard InChI is InChI=1S/C6H10BrNO/c1-8-3-2-5(9)4-6(8)7/h6H,2-4H2,1H3. The fourth-order valence-electron chi connectivity index (χ4n) is 0.887. The van der Waals surface area contributed by atoms with Gasteiger partial charge in [0.25, 0.3) is 0 Å². The van der Waals surface area contributed by atoms with E-state index in [1.807, 2.05) is 7.05 Å². The third-order valence-corrected chi connectivity index (χ3v) is 2.64. The summed E-state index contributed by atoms with van der Waals surface area (Å²) in [6.07, 6.45) is 1.38. The maximum Gasteiger partial charge on any atom is 0.136 e. The first-order valence-electron chi connectivity index (χ1n) is 3.06. The summed E-state index contributed by atoms with van der Waals surface area (Å²) in [6.45, 7) is 0.898. The van der Waals surface area contributed by atoms with Gasteiger partial charge in [0.15, 0.2) is 0 Å². The second kappa shape index (κ2) is 2.80. The van der Waals surface area contributed by atoms with Crippen LogP contribution in [0, 0.1) is 0 Å². The SMILES string of the molecule is CN1CCC(=O)CC1Br. The molecule has 1 heterocycles. The van der Waals surface area contributed by atoms with E-state index in [2.05, 4.69) is 20.8 Å². The largest absolute Gasteiger partial charge is 0.300 e. The van der Waals surface area contributed by atoms with Crippen LogP contribution in [-0.2, 0) is 4.79 Å². The third kappa shape index (κ3) is 1.76. The number of likely N-dealkylation sites (tertiary alicyclic amines) is 1. The summed E-state index contributed by atoms with van der Waals surface area (Å²) in [7, 11) is 2.02. The van der Waals surface area contributed by atoms with Crippen molar-refractivity contribution < 1.29 is 4.79 Å². The minimum absolute atomic E-state index is 0.277. The fraction of sp³-hybridized carbons (Fsp3) is 0.833. The van der Waals surface area contributed by atoms with Crippen molar-refractivity contribution in [2.24, 2.45) is 0 Å². The number of Topliss-reactive ketones (excluding diaryl/α,β-unsaturated/α-hetero) is 1. The molecule has 0 bridgehead atoms. The smallest absolute Gasteiger partial charge is 0.136 e. The van der Waals surface area contributed by atoms with Gasteiger partial charge in [0.1, 0.15) is 5.78 Å². The Morgan fingerprint density at radius 1 is 1.78 bits per heavy atom. The highest BCUT2D eigenvalue weighted by atomic mass is 79.9. The molecule has 0 N–H and O–H groups in total. The highest BCUT2D eigenvalue weighted by molar-refractivity contribution is 9.09. The predicted molar refractivity (Wildman–Crippen MR) is 39.6 cm³/mol. The van der Waals surface area contributed by atoms with E-state index in [1.165, 1.54) is 0 Å². The predicted octanol–water partition coefficient (Wildman–Crippen LogP) is 1.00. The van der Waals surface area contributed by atoms with Gasteiger partial charge in [-0.15, -0.1) is 0 Å². The molecule has 1 fully saturated rings. The molecule has 9 heavy (non-hydrogen) atoms. The van der Waals surface area contributed by atoms with Gasteiger partial charge in [0.2, 0.25) is 0 Å². The number of carbonyl (C=O) groups is 1. The van der Waals surface area contributed by atoms with E-state index in [-0.39, 0.29) is 4.95 Å². The average molecular weight is 192 g/mol. The Labute approximate surface area is 63.3 Å². The number of carbonyl (C=O) groups excluding carboxylic acids is 1. The van der Waals surface area contributed by atoms with E-state index in [0.717, 1.165) is 13.0 Å². The zero-order chi connectivity index (χ0) is 6.85.